The summed E-state index contributed by atoms with van der Waals surface area (Å²) >= 11 is 13.5. The predicted octanol–water partition coefficient (Wildman–Crippen LogP) is 3.89. The van der Waals surface area contributed by atoms with E-state index in [-0.39, 0.29) is 5.16 Å². The van der Waals surface area contributed by atoms with Crippen LogP contribution in [0.25, 0.3) is 21.8 Å². The van der Waals surface area contributed by atoms with Crippen molar-refractivity contribution in [3.8, 4) is 21.8 Å². The Bertz CT molecular complexity index is 914. The van der Waals surface area contributed by atoms with Crippen molar-refractivity contribution in [1.29, 1.82) is 0 Å². The van der Waals surface area contributed by atoms with Crippen LogP contribution in [0, 0.1) is 0 Å². The molecule has 0 saturated carbocycles. The molecule has 3 rings (SSSR count). The molecule has 0 radical (unpaired) electrons. The van der Waals surface area contributed by atoms with Crippen LogP contribution in [0.5, 0.6) is 0 Å². The van der Waals surface area contributed by atoms with Gasteiger partial charge in [-0.15, -0.1) is 0 Å². The van der Waals surface area contributed by atoms with Crippen molar-refractivity contribution in [2.75, 3.05) is 12.0 Å². The van der Waals surface area contributed by atoms with Crippen LogP contribution in [0.15, 0.2) is 35.6 Å². The molecule has 0 aliphatic carbocycles. The molecule has 23 heavy (non-hydrogen) atoms. The zero-order valence-corrected chi connectivity index (χ0v) is 14.9. The zero-order chi connectivity index (χ0) is 16.6. The SMILES string of the molecule is CS(=O)c1nccc(-c2sc(N)nc2-c2ccc(Cl)cc2Cl)n1. The summed E-state index contributed by atoms with van der Waals surface area (Å²) in [6.45, 7) is 0. The molecule has 1 atom stereocenters. The molecule has 2 aromatic heterocycles. The van der Waals surface area contributed by atoms with Gasteiger partial charge in [-0.3, -0.25) is 4.21 Å². The van der Waals surface area contributed by atoms with Crippen LogP contribution >= 0.6 is 34.5 Å². The quantitative estimate of drug-likeness (QED) is 0.692. The number of aromatic nitrogens is 3. The first kappa shape index (κ1) is 16.3. The third kappa shape index (κ3) is 3.37. The third-order valence-electron chi connectivity index (χ3n) is 2.95. The van der Waals surface area contributed by atoms with Gasteiger partial charge in [0.15, 0.2) is 5.13 Å². The Morgan fingerprint density at radius 2 is 2.00 bits per heavy atom. The average molecular weight is 385 g/mol. The summed E-state index contributed by atoms with van der Waals surface area (Å²) in [5, 5.41) is 1.65. The highest BCUT2D eigenvalue weighted by molar-refractivity contribution is 7.84. The lowest BCUT2D eigenvalue weighted by Crippen LogP contribution is -1.97. The van der Waals surface area contributed by atoms with Crippen LogP contribution in [0.1, 0.15) is 0 Å². The van der Waals surface area contributed by atoms with E-state index in [4.69, 9.17) is 28.9 Å². The number of thiazole rings is 1. The Hall–Kier alpha value is -1.54. The summed E-state index contributed by atoms with van der Waals surface area (Å²) in [6, 6.07) is 6.87. The molecule has 9 heteroatoms. The molecule has 0 saturated heterocycles. The van der Waals surface area contributed by atoms with Crippen LogP contribution in [0.4, 0.5) is 5.13 Å². The van der Waals surface area contributed by atoms with E-state index in [1.54, 1.807) is 30.5 Å². The van der Waals surface area contributed by atoms with E-state index in [9.17, 15) is 4.21 Å². The van der Waals surface area contributed by atoms with Crippen molar-refractivity contribution in [2.24, 2.45) is 0 Å². The number of nitrogens with two attached hydrogens (primary N) is 1. The van der Waals surface area contributed by atoms with Crippen molar-refractivity contribution in [2.45, 2.75) is 5.16 Å². The van der Waals surface area contributed by atoms with Gasteiger partial charge >= 0.3 is 0 Å². The summed E-state index contributed by atoms with van der Waals surface area (Å²) in [4.78, 5) is 13.4. The molecule has 1 unspecified atom stereocenters. The van der Waals surface area contributed by atoms with Gasteiger partial charge in [0.2, 0.25) is 5.16 Å². The zero-order valence-electron chi connectivity index (χ0n) is 11.8. The second-order valence-corrected chi connectivity index (χ2v) is 7.68. The van der Waals surface area contributed by atoms with E-state index >= 15 is 0 Å². The van der Waals surface area contributed by atoms with Crippen molar-refractivity contribution < 1.29 is 4.21 Å². The number of rotatable bonds is 3. The largest absolute Gasteiger partial charge is 0.375 e. The highest BCUT2D eigenvalue weighted by Crippen LogP contribution is 2.40. The van der Waals surface area contributed by atoms with Gasteiger partial charge in [0.25, 0.3) is 0 Å². The molecule has 2 heterocycles. The first-order chi connectivity index (χ1) is 11.0. The second kappa shape index (κ2) is 6.52. The summed E-state index contributed by atoms with van der Waals surface area (Å²) in [5.41, 5.74) is 7.78. The minimum absolute atomic E-state index is 0.252. The van der Waals surface area contributed by atoms with E-state index in [0.29, 0.717) is 32.1 Å². The van der Waals surface area contributed by atoms with Gasteiger partial charge in [0.05, 0.1) is 32.1 Å². The highest BCUT2D eigenvalue weighted by Gasteiger charge is 2.18. The highest BCUT2D eigenvalue weighted by atomic mass is 35.5. The molecule has 118 valence electrons. The number of halogens is 2. The maximum atomic E-state index is 11.6. The first-order valence-corrected chi connectivity index (χ1v) is 9.47. The molecule has 0 spiro atoms. The lowest BCUT2D eigenvalue weighted by Gasteiger charge is -2.05. The van der Waals surface area contributed by atoms with E-state index in [1.807, 2.05) is 0 Å². The fraction of sp³-hybridized carbons (Fsp3) is 0.0714. The van der Waals surface area contributed by atoms with Crippen molar-refractivity contribution in [1.82, 2.24) is 15.0 Å². The number of nitrogens with zero attached hydrogens (tertiary/aromatic N) is 3. The molecule has 2 N–H and O–H groups in total. The maximum Gasteiger partial charge on any atom is 0.218 e. The third-order valence-corrected chi connectivity index (χ3v) is 5.12. The molecule has 5 nitrogen and oxygen atoms in total. The van der Waals surface area contributed by atoms with Gasteiger partial charge in [-0.2, -0.15) is 0 Å². The molecule has 0 aliphatic rings. The average Bonchev–Trinajstić information content (AvgIpc) is 2.89. The summed E-state index contributed by atoms with van der Waals surface area (Å²) < 4.78 is 11.6. The van der Waals surface area contributed by atoms with Gasteiger partial charge in [-0.25, -0.2) is 15.0 Å². The van der Waals surface area contributed by atoms with Gasteiger partial charge in [-0.05, 0) is 24.3 Å². The number of hydrogen-bond donors (Lipinski definition) is 1. The molecular weight excluding hydrogens is 375 g/mol. The summed E-state index contributed by atoms with van der Waals surface area (Å²) in [6.07, 6.45) is 3.08. The smallest absolute Gasteiger partial charge is 0.218 e. The number of anilines is 1. The minimum atomic E-state index is -1.28. The normalized spacial score (nSPS) is 12.3. The van der Waals surface area contributed by atoms with Gasteiger partial charge < -0.3 is 5.73 Å². The van der Waals surface area contributed by atoms with Crippen molar-refractivity contribution in [3.63, 3.8) is 0 Å². The first-order valence-electron chi connectivity index (χ1n) is 6.34. The van der Waals surface area contributed by atoms with E-state index in [2.05, 4.69) is 15.0 Å². The molecule has 0 fully saturated rings. The Balaban J connectivity index is 2.18. The number of hydrogen-bond acceptors (Lipinski definition) is 6. The van der Waals surface area contributed by atoms with E-state index < -0.39 is 10.8 Å². The lowest BCUT2D eigenvalue weighted by molar-refractivity contribution is 0.680. The Morgan fingerprint density at radius 1 is 1.22 bits per heavy atom. The van der Waals surface area contributed by atoms with Crippen molar-refractivity contribution >= 4 is 50.5 Å². The lowest BCUT2D eigenvalue weighted by atomic mass is 10.1. The number of nitrogen functional groups attached to an aromatic ring is 1. The topological polar surface area (TPSA) is 81.8 Å². The Labute approximate surface area is 149 Å². The monoisotopic (exact) mass is 384 g/mol. The Morgan fingerprint density at radius 3 is 2.70 bits per heavy atom. The number of benzene rings is 1. The molecule has 0 aliphatic heterocycles. The summed E-state index contributed by atoms with van der Waals surface area (Å²) in [5.74, 6) is 0. The fourth-order valence-electron chi connectivity index (χ4n) is 1.98. The van der Waals surface area contributed by atoms with E-state index in [0.717, 1.165) is 4.88 Å². The molecule has 3 aromatic rings. The van der Waals surface area contributed by atoms with Gasteiger partial charge in [0.1, 0.15) is 0 Å². The van der Waals surface area contributed by atoms with Crippen LogP contribution < -0.4 is 5.73 Å². The minimum Gasteiger partial charge on any atom is -0.375 e. The van der Waals surface area contributed by atoms with Gasteiger partial charge in [-0.1, -0.05) is 34.5 Å². The van der Waals surface area contributed by atoms with Crippen LogP contribution in [0.3, 0.4) is 0 Å². The van der Waals surface area contributed by atoms with Crippen molar-refractivity contribution in [3.05, 3.63) is 40.5 Å². The van der Waals surface area contributed by atoms with Gasteiger partial charge in [0, 0.05) is 23.0 Å². The predicted molar refractivity (Wildman–Crippen MR) is 95.3 cm³/mol. The molecule has 1 aromatic carbocycles. The van der Waals surface area contributed by atoms with Crippen LogP contribution in [-0.4, -0.2) is 25.4 Å². The fourth-order valence-corrected chi connectivity index (χ4v) is 3.73. The standard InChI is InChI=1S/C14H10Cl2N4OS2/c1-23(21)14-18-5-4-10(19-14)12-11(20-13(17)22-12)8-3-2-7(15)6-9(8)16/h2-6H,1H3,(H2,17,20). The van der Waals surface area contributed by atoms with E-state index in [1.165, 1.54) is 17.6 Å². The van der Waals surface area contributed by atoms with Crippen LogP contribution in [-0.2, 0) is 10.8 Å². The Kier molecular flexibility index (Phi) is 4.63. The molecule has 0 amide bonds. The maximum absolute atomic E-state index is 11.6. The molecular formula is C14H10Cl2N4OS2. The summed E-state index contributed by atoms with van der Waals surface area (Å²) in [7, 11) is -1.28. The molecule has 0 bridgehead atoms. The second-order valence-electron chi connectivity index (χ2n) is 4.53. The van der Waals surface area contributed by atoms with Crippen LogP contribution in [0.2, 0.25) is 10.0 Å².